The van der Waals surface area contributed by atoms with Crippen molar-refractivity contribution in [1.82, 2.24) is 0 Å². The first-order valence-electron chi connectivity index (χ1n) is 3.90. The van der Waals surface area contributed by atoms with Crippen molar-refractivity contribution >= 4 is 0 Å². The van der Waals surface area contributed by atoms with Crippen LogP contribution in [-0.2, 0) is 0 Å². The van der Waals surface area contributed by atoms with Crippen LogP contribution in [0.2, 0.25) is 0 Å². The van der Waals surface area contributed by atoms with E-state index >= 15 is 0 Å². The van der Waals surface area contributed by atoms with E-state index < -0.39 is 0 Å². The first kappa shape index (κ1) is 7.07. The molecule has 2 unspecified atom stereocenters. The van der Waals surface area contributed by atoms with Gasteiger partial charge in [-0.25, -0.2) is 0 Å². The van der Waals surface area contributed by atoms with Crippen LogP contribution in [0.15, 0.2) is 0 Å². The summed E-state index contributed by atoms with van der Waals surface area (Å²) in [5.41, 5.74) is 0. The lowest BCUT2D eigenvalue weighted by Gasteiger charge is -2.28. The minimum absolute atomic E-state index is 0.968. The van der Waals surface area contributed by atoms with Crippen LogP contribution in [0.1, 0.15) is 20.3 Å². The Hall–Kier alpha value is -0.0400. The highest BCUT2D eigenvalue weighted by molar-refractivity contribution is 4.83. The van der Waals surface area contributed by atoms with Crippen molar-refractivity contribution in [2.45, 2.75) is 26.3 Å². The molecule has 1 rings (SSSR count). The third-order valence-corrected chi connectivity index (χ3v) is 2.78. The highest BCUT2D eigenvalue weighted by Crippen LogP contribution is 2.37. The lowest BCUT2D eigenvalue weighted by atomic mass is 10.4. The molecule has 54 valence electrons. The lowest BCUT2D eigenvalue weighted by molar-refractivity contribution is -0.900. The Morgan fingerprint density at radius 3 is 2.00 bits per heavy atom. The van der Waals surface area contributed by atoms with Crippen molar-refractivity contribution in [2.24, 2.45) is 5.92 Å². The van der Waals surface area contributed by atoms with Crippen LogP contribution in [-0.4, -0.2) is 31.2 Å². The van der Waals surface area contributed by atoms with Crippen LogP contribution >= 0.6 is 0 Å². The van der Waals surface area contributed by atoms with E-state index in [4.69, 9.17) is 0 Å². The molecular formula is C8H18N+. The third kappa shape index (κ3) is 1.26. The molecule has 1 aliphatic carbocycles. The highest BCUT2D eigenvalue weighted by atomic mass is 15.4. The summed E-state index contributed by atoms with van der Waals surface area (Å²) in [7, 11) is 4.66. The summed E-state index contributed by atoms with van der Waals surface area (Å²) in [5.74, 6) is 0.986. The molecule has 2 atom stereocenters. The Bertz CT molecular complexity index is 107. The minimum atomic E-state index is 0.968. The monoisotopic (exact) mass is 128 g/mol. The van der Waals surface area contributed by atoms with Gasteiger partial charge >= 0.3 is 0 Å². The maximum atomic E-state index is 2.35. The molecule has 0 bridgehead atoms. The van der Waals surface area contributed by atoms with Crippen molar-refractivity contribution in [1.29, 1.82) is 0 Å². The van der Waals surface area contributed by atoms with Crippen LogP contribution in [0.25, 0.3) is 0 Å². The summed E-state index contributed by atoms with van der Waals surface area (Å²) < 4.78 is 1.22. The normalized spacial score (nSPS) is 34.7. The SMILES string of the molecule is CC[N+](C)(C)C1CC1C. The van der Waals surface area contributed by atoms with Crippen molar-refractivity contribution in [3.8, 4) is 0 Å². The predicted octanol–water partition coefficient (Wildman–Crippen LogP) is 1.49. The van der Waals surface area contributed by atoms with Gasteiger partial charge in [0.1, 0.15) is 0 Å². The standard InChI is InChI=1S/C8H18N/c1-5-9(3,4)8-6-7(8)2/h7-8H,5-6H2,1-4H3/q+1. The molecule has 1 aliphatic rings. The largest absolute Gasteiger partial charge is 0.326 e. The van der Waals surface area contributed by atoms with Gasteiger partial charge in [0.15, 0.2) is 0 Å². The molecule has 1 fully saturated rings. The number of quaternary nitrogens is 1. The fourth-order valence-electron chi connectivity index (χ4n) is 1.51. The highest BCUT2D eigenvalue weighted by Gasteiger charge is 2.44. The third-order valence-electron chi connectivity index (χ3n) is 2.78. The van der Waals surface area contributed by atoms with Crippen LogP contribution in [0, 0.1) is 5.92 Å². The summed E-state index contributed by atoms with van der Waals surface area (Å²) in [6.45, 7) is 5.89. The first-order chi connectivity index (χ1) is 4.08. The molecule has 0 N–H and O–H groups in total. The fraction of sp³-hybridized carbons (Fsp3) is 1.00. The number of hydrogen-bond acceptors (Lipinski definition) is 0. The molecule has 1 heteroatoms. The van der Waals surface area contributed by atoms with Crippen molar-refractivity contribution in [3.05, 3.63) is 0 Å². The lowest BCUT2D eigenvalue weighted by Crippen LogP contribution is -2.42. The maximum Gasteiger partial charge on any atom is 0.0919 e. The number of nitrogens with zero attached hydrogens (tertiary/aromatic N) is 1. The predicted molar refractivity (Wildman–Crippen MR) is 40.2 cm³/mol. The fourth-order valence-corrected chi connectivity index (χ4v) is 1.51. The van der Waals surface area contributed by atoms with Gasteiger partial charge in [-0.2, -0.15) is 0 Å². The van der Waals surface area contributed by atoms with Crippen LogP contribution in [0.4, 0.5) is 0 Å². The zero-order valence-electron chi connectivity index (χ0n) is 7.02. The quantitative estimate of drug-likeness (QED) is 0.494. The Morgan fingerprint density at radius 2 is 1.89 bits per heavy atom. The van der Waals surface area contributed by atoms with Gasteiger partial charge < -0.3 is 4.48 Å². The second kappa shape index (κ2) is 1.98. The molecule has 0 spiro atoms. The summed E-state index contributed by atoms with van der Waals surface area (Å²) in [6.07, 6.45) is 1.45. The van der Waals surface area contributed by atoms with Gasteiger partial charge in [0.2, 0.25) is 0 Å². The Balaban J connectivity index is 2.41. The van der Waals surface area contributed by atoms with Crippen molar-refractivity contribution in [2.75, 3.05) is 20.6 Å². The maximum absolute atomic E-state index is 2.35. The average Bonchev–Trinajstić information content (AvgIpc) is 2.47. The molecule has 0 aromatic carbocycles. The molecule has 0 aromatic rings. The van der Waals surface area contributed by atoms with Gasteiger partial charge in [-0.15, -0.1) is 0 Å². The van der Waals surface area contributed by atoms with E-state index in [0.717, 1.165) is 12.0 Å². The molecule has 0 aromatic heterocycles. The zero-order valence-corrected chi connectivity index (χ0v) is 7.02. The van der Waals surface area contributed by atoms with Crippen LogP contribution in [0.3, 0.4) is 0 Å². The molecule has 1 saturated carbocycles. The Morgan fingerprint density at radius 1 is 1.44 bits per heavy atom. The number of hydrogen-bond donors (Lipinski definition) is 0. The molecule has 0 radical (unpaired) electrons. The molecule has 9 heavy (non-hydrogen) atoms. The van der Waals surface area contributed by atoms with E-state index in [1.807, 2.05) is 0 Å². The van der Waals surface area contributed by atoms with Gasteiger partial charge in [0.25, 0.3) is 0 Å². The topological polar surface area (TPSA) is 0 Å². The number of rotatable bonds is 2. The van der Waals surface area contributed by atoms with E-state index in [0.29, 0.717) is 0 Å². The van der Waals surface area contributed by atoms with Crippen LogP contribution < -0.4 is 0 Å². The van der Waals surface area contributed by atoms with Crippen molar-refractivity contribution in [3.63, 3.8) is 0 Å². The molecule has 0 amide bonds. The molecular weight excluding hydrogens is 110 g/mol. The summed E-state index contributed by atoms with van der Waals surface area (Å²) in [5, 5.41) is 0. The Kier molecular flexibility index (Phi) is 1.55. The van der Waals surface area contributed by atoms with Gasteiger partial charge in [-0.1, -0.05) is 6.92 Å². The molecule has 0 saturated heterocycles. The average molecular weight is 128 g/mol. The van der Waals surface area contributed by atoms with E-state index in [9.17, 15) is 0 Å². The van der Waals surface area contributed by atoms with E-state index in [1.54, 1.807) is 0 Å². The van der Waals surface area contributed by atoms with Crippen molar-refractivity contribution < 1.29 is 4.48 Å². The molecule has 0 heterocycles. The second-order valence-electron chi connectivity index (χ2n) is 3.88. The van der Waals surface area contributed by atoms with E-state index in [1.165, 1.54) is 17.4 Å². The van der Waals surface area contributed by atoms with Crippen LogP contribution in [0.5, 0.6) is 0 Å². The van der Waals surface area contributed by atoms with Gasteiger partial charge in [0.05, 0.1) is 26.7 Å². The van der Waals surface area contributed by atoms with Gasteiger partial charge in [-0.3, -0.25) is 0 Å². The van der Waals surface area contributed by atoms with Gasteiger partial charge in [0, 0.05) is 12.3 Å². The minimum Gasteiger partial charge on any atom is -0.326 e. The van der Waals surface area contributed by atoms with Gasteiger partial charge in [-0.05, 0) is 6.92 Å². The zero-order chi connectivity index (χ0) is 7.07. The van der Waals surface area contributed by atoms with E-state index in [2.05, 4.69) is 27.9 Å². The summed E-state index contributed by atoms with van der Waals surface area (Å²) in [6, 6.07) is 0.968. The smallest absolute Gasteiger partial charge is 0.0919 e. The summed E-state index contributed by atoms with van der Waals surface area (Å²) in [4.78, 5) is 0. The summed E-state index contributed by atoms with van der Waals surface area (Å²) >= 11 is 0. The molecule has 0 aliphatic heterocycles. The van der Waals surface area contributed by atoms with E-state index in [-0.39, 0.29) is 0 Å². The Labute approximate surface area is 58.3 Å². The first-order valence-corrected chi connectivity index (χ1v) is 3.90. The molecule has 1 nitrogen and oxygen atoms in total. The second-order valence-corrected chi connectivity index (χ2v) is 3.88.